The van der Waals surface area contributed by atoms with Gasteiger partial charge < -0.3 is 15.3 Å². The van der Waals surface area contributed by atoms with Crippen LogP contribution < -0.4 is 5.32 Å². The highest BCUT2D eigenvalue weighted by atomic mass is 35.5. The lowest BCUT2D eigenvalue weighted by Gasteiger charge is -2.32. The number of hydrogen-bond acceptors (Lipinski definition) is 4. The van der Waals surface area contributed by atoms with Gasteiger partial charge in [0.2, 0.25) is 0 Å². The number of fused-ring (bicyclic) bond motifs is 1. The summed E-state index contributed by atoms with van der Waals surface area (Å²) < 4.78 is 1.93. The smallest absolute Gasteiger partial charge is 0.272 e. The molecule has 172 valence electrons. The van der Waals surface area contributed by atoms with Crippen molar-refractivity contribution in [2.75, 3.05) is 26.2 Å². The van der Waals surface area contributed by atoms with Gasteiger partial charge in [-0.25, -0.2) is 0 Å². The zero-order valence-electron chi connectivity index (χ0n) is 18.8. The Hall–Kier alpha value is -2.57. The molecule has 0 aliphatic carbocycles. The first-order chi connectivity index (χ1) is 15.0. The molecule has 2 aromatic carbocycles. The second-order valence-corrected chi connectivity index (χ2v) is 8.82. The zero-order valence-corrected chi connectivity index (χ0v) is 19.6. The molecule has 1 fully saturated rings. The predicted molar refractivity (Wildman–Crippen MR) is 131 cm³/mol. The predicted octanol–water partition coefficient (Wildman–Crippen LogP) is 4.43. The molecular formula is C25H33ClN4O2. The van der Waals surface area contributed by atoms with Gasteiger partial charge in [0.25, 0.3) is 5.91 Å². The van der Waals surface area contributed by atoms with Crippen LogP contribution in [0.25, 0.3) is 10.9 Å². The maximum absolute atomic E-state index is 12.9. The minimum atomic E-state index is -0.0784. The van der Waals surface area contributed by atoms with Crippen LogP contribution in [-0.2, 0) is 6.42 Å². The third kappa shape index (κ3) is 5.61. The molecule has 2 heterocycles. The molecule has 1 aromatic heterocycles. The number of phenolic OH excluding ortho intramolecular Hbond substituents is 1. The maximum Gasteiger partial charge on any atom is 0.272 e. The van der Waals surface area contributed by atoms with Crippen molar-refractivity contribution < 1.29 is 9.90 Å². The summed E-state index contributed by atoms with van der Waals surface area (Å²) in [5, 5.41) is 18.0. The Kier molecular flexibility index (Phi) is 8.15. The van der Waals surface area contributed by atoms with Gasteiger partial charge >= 0.3 is 0 Å². The number of carbonyl (C=O) groups is 1. The molecule has 0 atom stereocenters. The van der Waals surface area contributed by atoms with Crippen molar-refractivity contribution in [1.82, 2.24) is 20.0 Å². The minimum absolute atomic E-state index is 0. The molecular weight excluding hydrogens is 424 g/mol. The van der Waals surface area contributed by atoms with Gasteiger partial charge in [-0.1, -0.05) is 30.3 Å². The van der Waals surface area contributed by atoms with E-state index in [-0.39, 0.29) is 24.4 Å². The highest BCUT2D eigenvalue weighted by Crippen LogP contribution is 2.22. The summed E-state index contributed by atoms with van der Waals surface area (Å²) in [4.78, 5) is 15.4. The van der Waals surface area contributed by atoms with E-state index in [2.05, 4.69) is 29.2 Å². The van der Waals surface area contributed by atoms with Crippen LogP contribution >= 0.6 is 12.4 Å². The lowest BCUT2D eigenvalue weighted by atomic mass is 9.96. The van der Waals surface area contributed by atoms with E-state index in [1.165, 1.54) is 5.56 Å². The average molecular weight is 457 g/mol. The SMILES string of the molecule is CC(C)n1nc(C(=O)NCC2CCN(CCc3ccc(O)cc3)CC2)c2ccccc21.Cl. The summed E-state index contributed by atoms with van der Waals surface area (Å²) in [6, 6.07) is 15.6. The number of benzene rings is 2. The molecule has 0 bridgehead atoms. The minimum Gasteiger partial charge on any atom is -0.508 e. The molecule has 0 saturated carbocycles. The third-order valence-electron chi connectivity index (χ3n) is 6.23. The highest BCUT2D eigenvalue weighted by Gasteiger charge is 2.22. The van der Waals surface area contributed by atoms with Gasteiger partial charge in [0.05, 0.1) is 5.52 Å². The molecule has 0 radical (unpaired) electrons. The van der Waals surface area contributed by atoms with E-state index in [0.29, 0.717) is 23.9 Å². The molecule has 2 N–H and O–H groups in total. The number of aromatic hydroxyl groups is 1. The Morgan fingerprint density at radius 3 is 2.50 bits per heavy atom. The van der Waals surface area contributed by atoms with Crippen molar-refractivity contribution >= 4 is 29.2 Å². The number of nitrogens with one attached hydrogen (secondary N) is 1. The summed E-state index contributed by atoms with van der Waals surface area (Å²) in [7, 11) is 0. The van der Waals surface area contributed by atoms with Crippen LogP contribution in [0.4, 0.5) is 0 Å². The first-order valence-corrected chi connectivity index (χ1v) is 11.3. The van der Waals surface area contributed by atoms with Crippen LogP contribution in [0.5, 0.6) is 5.75 Å². The second-order valence-electron chi connectivity index (χ2n) is 8.82. The molecule has 1 amide bonds. The van der Waals surface area contributed by atoms with Crippen molar-refractivity contribution in [1.29, 1.82) is 0 Å². The molecule has 32 heavy (non-hydrogen) atoms. The molecule has 0 unspecified atom stereocenters. The number of halogens is 1. The Bertz CT molecular complexity index is 1020. The Morgan fingerprint density at radius 2 is 1.81 bits per heavy atom. The van der Waals surface area contributed by atoms with Gasteiger partial charge in [0, 0.05) is 24.5 Å². The highest BCUT2D eigenvalue weighted by molar-refractivity contribution is 6.04. The molecule has 1 saturated heterocycles. The van der Waals surface area contributed by atoms with E-state index >= 15 is 0 Å². The number of carbonyl (C=O) groups excluding carboxylic acids is 1. The number of rotatable bonds is 7. The van der Waals surface area contributed by atoms with Gasteiger partial charge in [-0.2, -0.15) is 5.10 Å². The summed E-state index contributed by atoms with van der Waals surface area (Å²) >= 11 is 0. The number of aromatic nitrogens is 2. The van der Waals surface area contributed by atoms with Crippen molar-refractivity contribution in [3.63, 3.8) is 0 Å². The lowest BCUT2D eigenvalue weighted by molar-refractivity contribution is 0.0932. The quantitative estimate of drug-likeness (QED) is 0.551. The first-order valence-electron chi connectivity index (χ1n) is 11.3. The molecule has 4 rings (SSSR count). The number of piperidine rings is 1. The summed E-state index contributed by atoms with van der Waals surface area (Å²) in [6.45, 7) is 8.01. The van der Waals surface area contributed by atoms with Crippen LogP contribution in [0.2, 0.25) is 0 Å². The normalized spacial score (nSPS) is 15.1. The van der Waals surface area contributed by atoms with E-state index in [1.54, 1.807) is 12.1 Å². The average Bonchev–Trinajstić information content (AvgIpc) is 3.18. The summed E-state index contributed by atoms with van der Waals surface area (Å²) in [5.74, 6) is 0.744. The Morgan fingerprint density at radius 1 is 1.12 bits per heavy atom. The third-order valence-corrected chi connectivity index (χ3v) is 6.23. The summed E-state index contributed by atoms with van der Waals surface area (Å²) in [5.41, 5.74) is 2.78. The van der Waals surface area contributed by atoms with Crippen LogP contribution in [-0.4, -0.2) is 51.9 Å². The van der Waals surface area contributed by atoms with Crippen molar-refractivity contribution in [3.8, 4) is 5.75 Å². The largest absolute Gasteiger partial charge is 0.508 e. The Labute approximate surface area is 196 Å². The number of amides is 1. The lowest BCUT2D eigenvalue weighted by Crippen LogP contribution is -2.39. The van der Waals surface area contributed by atoms with Crippen LogP contribution in [0, 0.1) is 5.92 Å². The molecule has 0 spiro atoms. The van der Waals surface area contributed by atoms with E-state index in [9.17, 15) is 9.90 Å². The van der Waals surface area contributed by atoms with Gasteiger partial charge in [-0.05, 0) is 75.9 Å². The monoisotopic (exact) mass is 456 g/mol. The molecule has 6 nitrogen and oxygen atoms in total. The second kappa shape index (κ2) is 10.8. The van der Waals surface area contributed by atoms with Crippen LogP contribution in [0.3, 0.4) is 0 Å². The number of phenols is 1. The molecule has 1 aliphatic heterocycles. The summed E-state index contributed by atoms with van der Waals surface area (Å²) in [6.07, 6.45) is 3.18. The van der Waals surface area contributed by atoms with E-state index in [0.717, 1.165) is 49.8 Å². The van der Waals surface area contributed by atoms with E-state index in [4.69, 9.17) is 0 Å². The fourth-order valence-electron chi connectivity index (χ4n) is 4.34. The fraction of sp³-hybridized carbons (Fsp3) is 0.440. The number of para-hydroxylation sites is 1. The van der Waals surface area contributed by atoms with E-state index in [1.807, 2.05) is 41.1 Å². The topological polar surface area (TPSA) is 70.4 Å². The Balaban J connectivity index is 0.00000289. The standard InChI is InChI=1S/C25H32N4O2.ClH/c1-18(2)29-23-6-4-3-5-22(23)24(27-29)25(31)26-17-20-12-15-28(16-13-20)14-11-19-7-9-21(30)10-8-19;/h3-10,18,20,30H,11-17H2,1-2H3,(H,26,31);1H. The van der Waals surface area contributed by atoms with Crippen molar-refractivity contribution in [2.24, 2.45) is 5.92 Å². The van der Waals surface area contributed by atoms with E-state index < -0.39 is 0 Å². The van der Waals surface area contributed by atoms with Gasteiger partial charge in [-0.3, -0.25) is 9.48 Å². The molecule has 1 aliphatic rings. The maximum atomic E-state index is 12.9. The zero-order chi connectivity index (χ0) is 21.8. The first kappa shape index (κ1) is 24.1. The van der Waals surface area contributed by atoms with Crippen LogP contribution in [0.15, 0.2) is 48.5 Å². The van der Waals surface area contributed by atoms with Crippen molar-refractivity contribution in [2.45, 2.75) is 39.2 Å². The van der Waals surface area contributed by atoms with Gasteiger partial charge in [-0.15, -0.1) is 12.4 Å². The molecule has 3 aromatic rings. The molecule has 7 heteroatoms. The number of likely N-dealkylation sites (tertiary alicyclic amines) is 1. The van der Waals surface area contributed by atoms with Gasteiger partial charge in [0.15, 0.2) is 5.69 Å². The van der Waals surface area contributed by atoms with Crippen LogP contribution in [0.1, 0.15) is 48.8 Å². The van der Waals surface area contributed by atoms with Crippen molar-refractivity contribution in [3.05, 3.63) is 59.8 Å². The number of nitrogens with zero attached hydrogens (tertiary/aromatic N) is 3. The number of hydrogen-bond donors (Lipinski definition) is 2. The fourth-order valence-corrected chi connectivity index (χ4v) is 4.34. The van der Waals surface area contributed by atoms with Gasteiger partial charge in [0.1, 0.15) is 5.75 Å².